The molecular weight excluding hydrogens is 284 g/mol. The summed E-state index contributed by atoms with van der Waals surface area (Å²) in [5.41, 5.74) is 2.69. The lowest BCUT2D eigenvalue weighted by Crippen LogP contribution is -2.06. The monoisotopic (exact) mass is 304 g/mol. The van der Waals surface area contributed by atoms with Gasteiger partial charge in [-0.05, 0) is 37.4 Å². The van der Waals surface area contributed by atoms with Crippen molar-refractivity contribution in [1.82, 2.24) is 10.6 Å². The van der Waals surface area contributed by atoms with Gasteiger partial charge >= 0.3 is 0 Å². The molecule has 0 atom stereocenters. The van der Waals surface area contributed by atoms with E-state index in [1.54, 1.807) is 0 Å². The molecule has 106 valence electrons. The molecule has 2 aromatic rings. The maximum absolute atomic E-state index is 3.22. The summed E-state index contributed by atoms with van der Waals surface area (Å²) in [4.78, 5) is 2.65. The van der Waals surface area contributed by atoms with Crippen molar-refractivity contribution in [2.45, 2.75) is 22.9 Å². The first-order valence-electron chi connectivity index (χ1n) is 6.64. The molecule has 0 aliphatic heterocycles. The first kappa shape index (κ1) is 15.4. The molecule has 0 radical (unpaired) electrons. The molecular formula is C16H20N2S2. The van der Waals surface area contributed by atoms with Gasteiger partial charge in [-0.1, -0.05) is 58.0 Å². The van der Waals surface area contributed by atoms with Crippen LogP contribution in [0.2, 0.25) is 0 Å². The predicted molar refractivity (Wildman–Crippen MR) is 90.1 cm³/mol. The van der Waals surface area contributed by atoms with Crippen LogP contribution >= 0.6 is 21.6 Å². The summed E-state index contributed by atoms with van der Waals surface area (Å²) in [6.45, 7) is 1.81. The van der Waals surface area contributed by atoms with E-state index >= 15 is 0 Å². The minimum atomic E-state index is 0.905. The highest BCUT2D eigenvalue weighted by Crippen LogP contribution is 2.40. The molecule has 0 unspecified atom stereocenters. The molecule has 0 aliphatic carbocycles. The summed E-state index contributed by atoms with van der Waals surface area (Å²) < 4.78 is 0. The van der Waals surface area contributed by atoms with Gasteiger partial charge in [-0.15, -0.1) is 0 Å². The Morgan fingerprint density at radius 2 is 1.10 bits per heavy atom. The minimum Gasteiger partial charge on any atom is -0.316 e. The van der Waals surface area contributed by atoms with Gasteiger partial charge in [-0.2, -0.15) is 0 Å². The van der Waals surface area contributed by atoms with Crippen LogP contribution < -0.4 is 10.6 Å². The summed E-state index contributed by atoms with van der Waals surface area (Å²) in [7, 11) is 7.62. The van der Waals surface area contributed by atoms with Gasteiger partial charge in [0, 0.05) is 22.9 Å². The Kier molecular flexibility index (Phi) is 6.47. The van der Waals surface area contributed by atoms with Crippen LogP contribution in [-0.2, 0) is 13.1 Å². The van der Waals surface area contributed by atoms with Crippen LogP contribution in [0.4, 0.5) is 0 Å². The predicted octanol–water partition coefficient (Wildman–Crippen LogP) is 3.92. The highest BCUT2D eigenvalue weighted by molar-refractivity contribution is 8.76. The fraction of sp³-hybridized carbons (Fsp3) is 0.250. The SMILES string of the molecule is CNCc1ccccc1SSc1ccccc1CNC. The zero-order valence-corrected chi connectivity index (χ0v) is 13.5. The van der Waals surface area contributed by atoms with Crippen LogP contribution in [0.15, 0.2) is 58.3 Å². The van der Waals surface area contributed by atoms with Crippen molar-refractivity contribution in [2.75, 3.05) is 14.1 Å². The second kappa shape index (κ2) is 8.37. The van der Waals surface area contributed by atoms with E-state index < -0.39 is 0 Å². The van der Waals surface area contributed by atoms with E-state index in [-0.39, 0.29) is 0 Å². The van der Waals surface area contributed by atoms with Gasteiger partial charge < -0.3 is 10.6 Å². The van der Waals surface area contributed by atoms with Crippen molar-refractivity contribution in [3.63, 3.8) is 0 Å². The van der Waals surface area contributed by atoms with E-state index in [0.717, 1.165) is 13.1 Å². The third-order valence-electron chi connectivity index (χ3n) is 2.90. The summed E-state index contributed by atoms with van der Waals surface area (Å²) in [5, 5.41) is 6.44. The zero-order valence-electron chi connectivity index (χ0n) is 11.8. The summed E-state index contributed by atoms with van der Waals surface area (Å²) >= 11 is 0. The molecule has 0 aromatic heterocycles. The fourth-order valence-corrected chi connectivity index (χ4v) is 4.39. The summed E-state index contributed by atoms with van der Waals surface area (Å²) in [6.07, 6.45) is 0. The number of nitrogens with one attached hydrogen (secondary N) is 2. The van der Waals surface area contributed by atoms with Crippen molar-refractivity contribution in [3.8, 4) is 0 Å². The molecule has 4 heteroatoms. The maximum atomic E-state index is 3.22. The average Bonchev–Trinajstić information content (AvgIpc) is 2.48. The quantitative estimate of drug-likeness (QED) is 0.757. The molecule has 0 heterocycles. The molecule has 0 spiro atoms. The number of hydrogen-bond donors (Lipinski definition) is 2. The molecule has 2 N–H and O–H groups in total. The van der Waals surface area contributed by atoms with Gasteiger partial charge in [0.2, 0.25) is 0 Å². The third kappa shape index (κ3) is 4.28. The molecule has 2 rings (SSSR count). The first-order valence-corrected chi connectivity index (χ1v) is 8.79. The Hall–Kier alpha value is -0.940. The molecule has 2 nitrogen and oxygen atoms in total. The topological polar surface area (TPSA) is 24.1 Å². The maximum Gasteiger partial charge on any atom is 0.0231 e. The van der Waals surface area contributed by atoms with Crippen LogP contribution in [0.1, 0.15) is 11.1 Å². The lowest BCUT2D eigenvalue weighted by atomic mass is 10.2. The number of hydrogen-bond acceptors (Lipinski definition) is 4. The first-order chi connectivity index (χ1) is 9.85. The third-order valence-corrected chi connectivity index (χ3v) is 5.47. The number of benzene rings is 2. The Morgan fingerprint density at radius 1 is 0.700 bits per heavy atom. The smallest absolute Gasteiger partial charge is 0.0231 e. The normalized spacial score (nSPS) is 10.7. The van der Waals surface area contributed by atoms with Crippen molar-refractivity contribution in [2.24, 2.45) is 0 Å². The van der Waals surface area contributed by atoms with E-state index in [1.165, 1.54) is 20.9 Å². The Labute approximate surface area is 129 Å². The standard InChI is InChI=1S/C16H20N2S2/c1-17-11-13-7-3-5-9-15(13)19-20-16-10-6-4-8-14(16)12-18-2/h3-10,17-18H,11-12H2,1-2H3. The number of rotatable bonds is 7. The van der Waals surface area contributed by atoms with Gasteiger partial charge in [0.25, 0.3) is 0 Å². The Morgan fingerprint density at radius 3 is 1.50 bits per heavy atom. The lowest BCUT2D eigenvalue weighted by molar-refractivity contribution is 0.803. The second-order valence-corrected chi connectivity index (χ2v) is 6.66. The summed E-state index contributed by atoms with van der Waals surface area (Å²) in [5.74, 6) is 0. The zero-order chi connectivity index (χ0) is 14.2. The van der Waals surface area contributed by atoms with E-state index in [9.17, 15) is 0 Å². The van der Waals surface area contributed by atoms with Gasteiger partial charge in [-0.3, -0.25) is 0 Å². The van der Waals surface area contributed by atoms with E-state index in [0.29, 0.717) is 0 Å². The van der Waals surface area contributed by atoms with Crippen molar-refractivity contribution in [3.05, 3.63) is 59.7 Å². The highest BCUT2D eigenvalue weighted by atomic mass is 33.1. The van der Waals surface area contributed by atoms with Gasteiger partial charge in [0.1, 0.15) is 0 Å². The molecule has 20 heavy (non-hydrogen) atoms. The molecule has 0 saturated heterocycles. The molecule has 0 aliphatic rings. The molecule has 0 amide bonds. The van der Waals surface area contributed by atoms with Gasteiger partial charge in [0.15, 0.2) is 0 Å². The van der Waals surface area contributed by atoms with Crippen molar-refractivity contribution >= 4 is 21.6 Å². The van der Waals surface area contributed by atoms with Crippen molar-refractivity contribution in [1.29, 1.82) is 0 Å². The minimum absolute atomic E-state index is 0.905. The highest BCUT2D eigenvalue weighted by Gasteiger charge is 2.06. The fourth-order valence-electron chi connectivity index (χ4n) is 1.93. The molecule has 0 saturated carbocycles. The molecule has 0 bridgehead atoms. The van der Waals surface area contributed by atoms with Crippen LogP contribution in [-0.4, -0.2) is 14.1 Å². The van der Waals surface area contributed by atoms with E-state index in [2.05, 4.69) is 59.2 Å². The van der Waals surface area contributed by atoms with Gasteiger partial charge in [0.05, 0.1) is 0 Å². The summed E-state index contributed by atoms with van der Waals surface area (Å²) in [6, 6.07) is 17.1. The van der Waals surface area contributed by atoms with Crippen molar-refractivity contribution < 1.29 is 0 Å². The Bertz CT molecular complexity index is 494. The largest absolute Gasteiger partial charge is 0.316 e. The molecule has 2 aromatic carbocycles. The lowest BCUT2D eigenvalue weighted by Gasteiger charge is -2.10. The van der Waals surface area contributed by atoms with Crippen LogP contribution in [0, 0.1) is 0 Å². The van der Waals surface area contributed by atoms with E-state index in [4.69, 9.17) is 0 Å². The van der Waals surface area contributed by atoms with E-state index in [1.807, 2.05) is 35.7 Å². The molecule has 0 fully saturated rings. The average molecular weight is 304 g/mol. The Balaban J connectivity index is 2.09. The van der Waals surface area contributed by atoms with Crippen LogP contribution in [0.25, 0.3) is 0 Å². The van der Waals surface area contributed by atoms with Gasteiger partial charge in [-0.25, -0.2) is 0 Å². The van der Waals surface area contributed by atoms with Crippen LogP contribution in [0.5, 0.6) is 0 Å². The second-order valence-electron chi connectivity index (χ2n) is 4.44. The van der Waals surface area contributed by atoms with Crippen LogP contribution in [0.3, 0.4) is 0 Å².